The number of thiophene rings is 1. The predicted octanol–water partition coefficient (Wildman–Crippen LogP) is 12.2. The molecule has 4 heterocycles. The van der Waals surface area contributed by atoms with Gasteiger partial charge in [0.15, 0.2) is 17.5 Å². The summed E-state index contributed by atoms with van der Waals surface area (Å²) in [4.78, 5) is 14.6. The summed E-state index contributed by atoms with van der Waals surface area (Å²) >= 11 is 1.68. The number of aromatic nitrogens is 4. The Balaban J connectivity index is 1.15. The van der Waals surface area contributed by atoms with Crippen LogP contribution < -0.4 is 0 Å². The Morgan fingerprint density at radius 1 is 0.529 bits per heavy atom. The number of hydrogen-bond acceptors (Lipinski definition) is 5. The minimum absolute atomic E-state index is 0.0276. The molecular weight excluding hydrogens is 645 g/mol. The Labute approximate surface area is 302 Å². The van der Waals surface area contributed by atoms with Gasteiger partial charge in [-0.05, 0) is 42.5 Å². The van der Waals surface area contributed by atoms with Crippen LogP contribution in [0.2, 0.25) is 0 Å². The minimum Gasteiger partial charge on any atom is -0.455 e. The molecule has 0 fully saturated rings. The fraction of sp³-hybridized carbons (Fsp3) is 0. The standard InChI is InChI=1S/C45H26N4OS/c1-2-12-27(13-3-1)43-46-44(48-45(47-43)34-18-10-17-32-31-16-6-9-22-38(31)50-42(32)34)28-24-25-33-40(26-28)51-39-23-11-21-37(41(33)39)49-35-19-7-4-14-29(35)30-15-5-8-20-36(30)49/h1-26H/i1D,2D,3D,12D,13D. The molecule has 0 spiro atoms. The maximum Gasteiger partial charge on any atom is 0.167 e. The van der Waals surface area contributed by atoms with Gasteiger partial charge in [-0.25, -0.2) is 15.0 Å². The number of furan rings is 1. The van der Waals surface area contributed by atoms with E-state index in [9.17, 15) is 0 Å². The molecule has 0 radical (unpaired) electrons. The van der Waals surface area contributed by atoms with Gasteiger partial charge in [-0.3, -0.25) is 0 Å². The summed E-state index contributed by atoms with van der Waals surface area (Å²) < 4.78 is 53.4. The van der Waals surface area contributed by atoms with Crippen LogP contribution >= 0.6 is 11.3 Å². The summed E-state index contributed by atoms with van der Waals surface area (Å²) in [5.41, 5.74) is 5.83. The van der Waals surface area contributed by atoms with Crippen LogP contribution in [0, 0.1) is 0 Å². The lowest BCUT2D eigenvalue weighted by Crippen LogP contribution is -2.00. The Hall–Kier alpha value is -6.63. The maximum absolute atomic E-state index is 8.79. The van der Waals surface area contributed by atoms with Gasteiger partial charge in [-0.15, -0.1) is 11.3 Å². The van der Waals surface area contributed by atoms with Gasteiger partial charge in [0.25, 0.3) is 0 Å². The first-order valence-electron chi connectivity index (χ1n) is 19.0. The van der Waals surface area contributed by atoms with Crippen molar-refractivity contribution < 1.29 is 11.3 Å². The lowest BCUT2D eigenvalue weighted by Gasteiger charge is -2.10. The van der Waals surface area contributed by atoms with Crippen LogP contribution in [0.15, 0.2) is 162 Å². The molecule has 0 unspecified atom stereocenters. The third-order valence-corrected chi connectivity index (χ3v) is 10.7. The Morgan fingerprint density at radius 3 is 2.00 bits per heavy atom. The van der Waals surface area contributed by atoms with Crippen LogP contribution in [-0.2, 0) is 0 Å². The Kier molecular flexibility index (Phi) is 5.08. The van der Waals surface area contributed by atoms with Gasteiger partial charge in [-0.2, -0.15) is 0 Å². The molecule has 0 aliphatic rings. The molecule has 0 aliphatic carbocycles. The second kappa shape index (κ2) is 10.9. The second-order valence-corrected chi connectivity index (χ2v) is 13.5. The van der Waals surface area contributed by atoms with E-state index in [0.29, 0.717) is 28.1 Å². The van der Waals surface area contributed by atoms with Crippen molar-refractivity contribution in [1.29, 1.82) is 0 Å². The number of rotatable bonds is 4. The fourth-order valence-electron chi connectivity index (χ4n) is 7.34. The minimum atomic E-state index is -0.485. The molecule has 0 saturated heterocycles. The lowest BCUT2D eigenvalue weighted by molar-refractivity contribution is 0.669. The average Bonchev–Trinajstić information content (AvgIpc) is 3.91. The smallest absolute Gasteiger partial charge is 0.167 e. The zero-order chi connectivity index (χ0) is 37.8. The average molecular weight is 676 g/mol. The van der Waals surface area contributed by atoms with E-state index in [0.717, 1.165) is 47.7 Å². The highest BCUT2D eigenvalue weighted by molar-refractivity contribution is 7.26. The van der Waals surface area contributed by atoms with Gasteiger partial charge >= 0.3 is 0 Å². The molecule has 4 aromatic heterocycles. The molecule has 7 aromatic carbocycles. The topological polar surface area (TPSA) is 56.7 Å². The second-order valence-electron chi connectivity index (χ2n) is 12.4. The predicted molar refractivity (Wildman–Crippen MR) is 211 cm³/mol. The van der Waals surface area contributed by atoms with Crippen LogP contribution in [0.5, 0.6) is 0 Å². The first-order valence-corrected chi connectivity index (χ1v) is 17.4. The number of fused-ring (bicyclic) bond motifs is 9. The van der Waals surface area contributed by atoms with Crippen molar-refractivity contribution in [2.75, 3.05) is 0 Å². The molecule has 0 saturated carbocycles. The van der Waals surface area contributed by atoms with E-state index in [1.807, 2.05) is 48.5 Å². The molecule has 6 heteroatoms. The summed E-state index contributed by atoms with van der Waals surface area (Å²) in [7, 11) is 0. The summed E-state index contributed by atoms with van der Waals surface area (Å²) in [5.74, 6) is 0.527. The van der Waals surface area contributed by atoms with E-state index in [2.05, 4.69) is 83.4 Å². The van der Waals surface area contributed by atoms with E-state index in [-0.39, 0.29) is 17.2 Å². The summed E-state index contributed by atoms with van der Waals surface area (Å²) in [6, 6.07) is 40.8. The van der Waals surface area contributed by atoms with Crippen molar-refractivity contribution in [2.45, 2.75) is 0 Å². The van der Waals surface area contributed by atoms with E-state index in [1.54, 1.807) is 11.3 Å². The molecule has 238 valence electrons. The number of nitrogens with zero attached hydrogens (tertiary/aromatic N) is 4. The third-order valence-electron chi connectivity index (χ3n) is 9.56. The monoisotopic (exact) mass is 675 g/mol. The molecule has 11 aromatic rings. The van der Waals surface area contributed by atoms with Gasteiger partial charge in [0.2, 0.25) is 0 Å². The van der Waals surface area contributed by atoms with Crippen LogP contribution in [0.3, 0.4) is 0 Å². The van der Waals surface area contributed by atoms with Crippen molar-refractivity contribution in [3.05, 3.63) is 158 Å². The van der Waals surface area contributed by atoms with Gasteiger partial charge < -0.3 is 8.98 Å². The SMILES string of the molecule is [2H]c1c([2H])c([2H])c(-c2nc(-c3ccc4c(c3)sc3cccc(-n5c6ccccc6c6ccccc65)c34)nc(-c3cccc4c3oc3ccccc34)n2)c([2H])c1[2H]. The fourth-order valence-corrected chi connectivity index (χ4v) is 8.50. The molecule has 0 N–H and O–H groups in total. The Morgan fingerprint density at radius 2 is 1.20 bits per heavy atom. The van der Waals surface area contributed by atoms with Crippen LogP contribution in [0.25, 0.3) is 104 Å². The van der Waals surface area contributed by atoms with E-state index in [1.165, 1.54) is 10.8 Å². The highest BCUT2D eigenvalue weighted by atomic mass is 32.1. The molecular formula is C45H26N4OS. The summed E-state index contributed by atoms with van der Waals surface area (Å²) in [6.45, 7) is 0. The van der Waals surface area contributed by atoms with Crippen molar-refractivity contribution in [3.63, 3.8) is 0 Å². The van der Waals surface area contributed by atoms with E-state index >= 15 is 0 Å². The zero-order valence-electron chi connectivity index (χ0n) is 31.7. The number of benzene rings is 7. The van der Waals surface area contributed by atoms with Crippen molar-refractivity contribution >= 4 is 75.3 Å². The molecule has 0 bridgehead atoms. The number of para-hydroxylation sites is 4. The molecule has 5 nitrogen and oxygen atoms in total. The summed E-state index contributed by atoms with van der Waals surface area (Å²) in [6.07, 6.45) is 0. The van der Waals surface area contributed by atoms with E-state index in [4.69, 9.17) is 26.2 Å². The van der Waals surface area contributed by atoms with Crippen molar-refractivity contribution in [2.24, 2.45) is 0 Å². The van der Waals surface area contributed by atoms with Gasteiger partial charge in [-0.1, -0.05) is 115 Å². The van der Waals surface area contributed by atoms with Gasteiger partial charge in [0.05, 0.1) is 29.1 Å². The van der Waals surface area contributed by atoms with Gasteiger partial charge in [0, 0.05) is 52.8 Å². The molecule has 0 amide bonds. The first-order chi connectivity index (χ1) is 27.4. The first kappa shape index (κ1) is 23.7. The maximum atomic E-state index is 8.79. The molecule has 51 heavy (non-hydrogen) atoms. The highest BCUT2D eigenvalue weighted by Gasteiger charge is 2.20. The van der Waals surface area contributed by atoms with Crippen molar-refractivity contribution in [3.8, 4) is 39.9 Å². The largest absolute Gasteiger partial charge is 0.455 e. The van der Waals surface area contributed by atoms with E-state index < -0.39 is 30.2 Å². The van der Waals surface area contributed by atoms with Crippen LogP contribution in [-0.4, -0.2) is 19.5 Å². The number of hydrogen-bond donors (Lipinski definition) is 0. The van der Waals surface area contributed by atoms with Crippen LogP contribution in [0.1, 0.15) is 6.85 Å². The Bertz CT molecular complexity index is 3380. The molecule has 0 aliphatic heterocycles. The molecule has 11 rings (SSSR count). The van der Waals surface area contributed by atoms with Gasteiger partial charge in [0.1, 0.15) is 11.2 Å². The lowest BCUT2D eigenvalue weighted by atomic mass is 10.1. The quantitative estimate of drug-likeness (QED) is 0.186. The third kappa shape index (κ3) is 4.30. The molecule has 0 atom stereocenters. The zero-order valence-corrected chi connectivity index (χ0v) is 27.5. The summed E-state index contributed by atoms with van der Waals surface area (Å²) in [5, 5.41) is 6.44. The normalized spacial score (nSPS) is 13.3. The van der Waals surface area contributed by atoms with Crippen LogP contribution in [0.4, 0.5) is 0 Å². The highest BCUT2D eigenvalue weighted by Crippen LogP contribution is 2.42. The van der Waals surface area contributed by atoms with Crippen molar-refractivity contribution in [1.82, 2.24) is 19.5 Å².